The first-order valence-corrected chi connectivity index (χ1v) is 5.10. The molecule has 13 heavy (non-hydrogen) atoms. The van der Waals surface area contributed by atoms with Crippen molar-refractivity contribution in [3.05, 3.63) is 28.9 Å². The zero-order valence-electron chi connectivity index (χ0n) is 7.66. The van der Waals surface area contributed by atoms with Crippen molar-refractivity contribution in [1.29, 1.82) is 0 Å². The van der Waals surface area contributed by atoms with Crippen molar-refractivity contribution in [2.45, 2.75) is 19.9 Å². The molecule has 0 radical (unpaired) electrons. The highest BCUT2D eigenvalue weighted by Gasteiger charge is 2.02. The summed E-state index contributed by atoms with van der Waals surface area (Å²) in [5.74, 6) is 0. The lowest BCUT2D eigenvalue weighted by Crippen LogP contribution is -1.99. The van der Waals surface area contributed by atoms with Gasteiger partial charge in [-0.1, -0.05) is 22.0 Å². The Morgan fingerprint density at radius 3 is 2.85 bits per heavy atom. The predicted octanol–water partition coefficient (Wildman–Crippen LogP) is 3.38. The molecule has 0 amide bonds. The van der Waals surface area contributed by atoms with Crippen LogP contribution in [0.1, 0.15) is 19.9 Å². The second-order valence-electron chi connectivity index (χ2n) is 3.41. The highest BCUT2D eigenvalue weighted by molar-refractivity contribution is 9.10. The Balaban J connectivity index is 2.62. The number of rotatable bonds is 1. The Morgan fingerprint density at radius 1 is 1.38 bits per heavy atom. The van der Waals surface area contributed by atoms with Gasteiger partial charge in [0, 0.05) is 22.1 Å². The van der Waals surface area contributed by atoms with Crippen LogP contribution in [0.4, 0.5) is 0 Å². The van der Waals surface area contributed by atoms with E-state index >= 15 is 0 Å². The fourth-order valence-electron chi connectivity index (χ4n) is 1.27. The number of halogens is 1. The molecule has 0 unspecified atom stereocenters. The first kappa shape index (κ1) is 8.75. The van der Waals surface area contributed by atoms with Gasteiger partial charge in [0.1, 0.15) is 0 Å². The minimum atomic E-state index is 0.422. The largest absolute Gasteiger partial charge is 0.269 e. The first-order valence-electron chi connectivity index (χ1n) is 4.31. The average Bonchev–Trinajstić information content (AvgIpc) is 2.46. The summed E-state index contributed by atoms with van der Waals surface area (Å²) in [5, 5.41) is 5.65. The Morgan fingerprint density at radius 2 is 2.15 bits per heavy atom. The third-order valence-corrected chi connectivity index (χ3v) is 2.51. The lowest BCUT2D eigenvalue weighted by Gasteiger charge is -2.02. The van der Waals surface area contributed by atoms with Crippen molar-refractivity contribution in [3.63, 3.8) is 0 Å². The van der Waals surface area contributed by atoms with Crippen molar-refractivity contribution in [1.82, 2.24) is 9.78 Å². The molecule has 2 nitrogen and oxygen atoms in total. The molecule has 0 aliphatic heterocycles. The van der Waals surface area contributed by atoms with Gasteiger partial charge >= 0.3 is 0 Å². The molecule has 1 heterocycles. The lowest BCUT2D eigenvalue weighted by molar-refractivity contribution is 0.537. The normalized spacial score (nSPS) is 11.4. The Kier molecular flexibility index (Phi) is 2.12. The van der Waals surface area contributed by atoms with Gasteiger partial charge in [0.25, 0.3) is 0 Å². The maximum Gasteiger partial charge on any atom is 0.0934 e. The zero-order valence-corrected chi connectivity index (χ0v) is 9.25. The summed E-state index contributed by atoms with van der Waals surface area (Å²) in [6, 6.07) is 6.57. The van der Waals surface area contributed by atoms with Crippen molar-refractivity contribution in [3.8, 4) is 0 Å². The van der Waals surface area contributed by atoms with Crippen LogP contribution in [-0.4, -0.2) is 9.78 Å². The van der Waals surface area contributed by atoms with Crippen molar-refractivity contribution >= 4 is 26.8 Å². The number of hydrogen-bond acceptors (Lipinski definition) is 1. The van der Waals surface area contributed by atoms with Gasteiger partial charge < -0.3 is 0 Å². The van der Waals surface area contributed by atoms with E-state index in [9.17, 15) is 0 Å². The molecule has 0 bridgehead atoms. The minimum absolute atomic E-state index is 0.422. The molecule has 0 spiro atoms. The van der Waals surface area contributed by atoms with Gasteiger partial charge in [-0.3, -0.25) is 4.68 Å². The Bertz CT molecular complexity index is 431. The van der Waals surface area contributed by atoms with Crippen LogP contribution in [0.15, 0.2) is 28.9 Å². The second-order valence-corrected chi connectivity index (χ2v) is 4.32. The summed E-state index contributed by atoms with van der Waals surface area (Å²) in [4.78, 5) is 0. The van der Waals surface area contributed by atoms with E-state index < -0.39 is 0 Å². The third-order valence-electron chi connectivity index (χ3n) is 2.02. The standard InChI is InChI=1S/C10H11BrN2/c1-7(2)13-6-8-3-4-9(11)5-10(8)12-13/h3-7H,1-2H3. The van der Waals surface area contributed by atoms with E-state index in [2.05, 4.69) is 47.1 Å². The topological polar surface area (TPSA) is 17.8 Å². The number of fused-ring (bicyclic) bond motifs is 1. The average molecular weight is 239 g/mol. The lowest BCUT2D eigenvalue weighted by atomic mass is 10.3. The molecular formula is C10H11BrN2. The highest BCUT2D eigenvalue weighted by atomic mass is 79.9. The highest BCUT2D eigenvalue weighted by Crippen LogP contribution is 2.19. The molecule has 0 atom stereocenters. The molecule has 2 rings (SSSR count). The smallest absolute Gasteiger partial charge is 0.0934 e. The van der Waals surface area contributed by atoms with E-state index in [0.29, 0.717) is 6.04 Å². The molecule has 0 N–H and O–H groups in total. The molecule has 0 fully saturated rings. The van der Waals surface area contributed by atoms with E-state index in [1.54, 1.807) is 0 Å². The molecule has 3 heteroatoms. The van der Waals surface area contributed by atoms with Gasteiger partial charge in [-0.15, -0.1) is 0 Å². The molecule has 1 aromatic carbocycles. The predicted molar refractivity (Wildman–Crippen MR) is 57.8 cm³/mol. The van der Waals surface area contributed by atoms with Crippen molar-refractivity contribution in [2.24, 2.45) is 0 Å². The van der Waals surface area contributed by atoms with Crippen molar-refractivity contribution < 1.29 is 0 Å². The summed E-state index contributed by atoms with van der Waals surface area (Å²) in [5.41, 5.74) is 1.04. The van der Waals surface area contributed by atoms with Crippen LogP contribution in [0.25, 0.3) is 10.9 Å². The Hall–Kier alpha value is -0.830. The summed E-state index contributed by atoms with van der Waals surface area (Å²) in [7, 11) is 0. The van der Waals surface area contributed by atoms with Gasteiger partial charge in [0.05, 0.1) is 5.52 Å². The molecule has 0 aliphatic carbocycles. The minimum Gasteiger partial charge on any atom is -0.269 e. The Labute approximate surface area is 85.7 Å². The van der Waals surface area contributed by atoms with E-state index in [1.165, 1.54) is 5.39 Å². The quantitative estimate of drug-likeness (QED) is 0.745. The molecule has 0 aliphatic rings. The molecule has 2 aromatic rings. The van der Waals surface area contributed by atoms with E-state index in [-0.39, 0.29) is 0 Å². The van der Waals surface area contributed by atoms with Crippen LogP contribution < -0.4 is 0 Å². The van der Waals surface area contributed by atoms with Crippen LogP contribution >= 0.6 is 15.9 Å². The number of aromatic nitrogens is 2. The van der Waals surface area contributed by atoms with Crippen LogP contribution in [0.5, 0.6) is 0 Å². The van der Waals surface area contributed by atoms with Crippen LogP contribution in [0.2, 0.25) is 0 Å². The van der Waals surface area contributed by atoms with Crippen LogP contribution in [0.3, 0.4) is 0 Å². The fourth-order valence-corrected chi connectivity index (χ4v) is 1.62. The molecule has 0 saturated heterocycles. The number of nitrogens with zero attached hydrogens (tertiary/aromatic N) is 2. The second kappa shape index (κ2) is 3.14. The summed E-state index contributed by atoms with van der Waals surface area (Å²) in [6.07, 6.45) is 2.08. The van der Waals surface area contributed by atoms with E-state index in [4.69, 9.17) is 0 Å². The van der Waals surface area contributed by atoms with E-state index in [1.807, 2.05) is 16.8 Å². The maximum atomic E-state index is 4.46. The molecule has 0 saturated carbocycles. The third kappa shape index (κ3) is 1.61. The fraction of sp³-hybridized carbons (Fsp3) is 0.300. The summed E-state index contributed by atoms with van der Waals surface area (Å²) >= 11 is 3.43. The molecular weight excluding hydrogens is 228 g/mol. The van der Waals surface area contributed by atoms with Gasteiger partial charge in [-0.2, -0.15) is 5.10 Å². The first-order chi connectivity index (χ1) is 6.16. The van der Waals surface area contributed by atoms with Gasteiger partial charge in [0.15, 0.2) is 0 Å². The molecule has 68 valence electrons. The van der Waals surface area contributed by atoms with Gasteiger partial charge in [-0.25, -0.2) is 0 Å². The molecule has 1 aromatic heterocycles. The van der Waals surface area contributed by atoms with Crippen LogP contribution in [-0.2, 0) is 0 Å². The monoisotopic (exact) mass is 238 g/mol. The SMILES string of the molecule is CC(C)n1cc2ccc(Br)cc2n1. The number of benzene rings is 1. The van der Waals surface area contributed by atoms with Gasteiger partial charge in [-0.05, 0) is 26.0 Å². The van der Waals surface area contributed by atoms with Gasteiger partial charge in [0.2, 0.25) is 0 Å². The van der Waals surface area contributed by atoms with E-state index in [0.717, 1.165) is 9.99 Å². The summed E-state index contributed by atoms with van der Waals surface area (Å²) < 4.78 is 3.06. The zero-order chi connectivity index (χ0) is 9.42. The maximum absolute atomic E-state index is 4.46. The van der Waals surface area contributed by atoms with Crippen molar-refractivity contribution in [2.75, 3.05) is 0 Å². The number of hydrogen-bond donors (Lipinski definition) is 0. The summed E-state index contributed by atoms with van der Waals surface area (Å²) in [6.45, 7) is 4.25. The van der Waals surface area contributed by atoms with Crippen LogP contribution in [0, 0.1) is 0 Å².